The van der Waals surface area contributed by atoms with Gasteiger partial charge in [-0.05, 0) is 55.1 Å². The molecule has 25 heavy (non-hydrogen) atoms. The number of ether oxygens (including phenoxy) is 1. The van der Waals surface area contributed by atoms with Gasteiger partial charge < -0.3 is 15.0 Å². The Bertz CT molecular complexity index is 714. The minimum Gasteiger partial charge on any atom is -0.462 e. The summed E-state index contributed by atoms with van der Waals surface area (Å²) in [6.45, 7) is 2.61. The van der Waals surface area contributed by atoms with Crippen molar-refractivity contribution in [1.82, 2.24) is 4.90 Å². The van der Waals surface area contributed by atoms with Gasteiger partial charge in [0.2, 0.25) is 0 Å². The minimum absolute atomic E-state index is 0.210. The van der Waals surface area contributed by atoms with Gasteiger partial charge in [-0.3, -0.25) is 0 Å². The van der Waals surface area contributed by atoms with E-state index >= 15 is 0 Å². The van der Waals surface area contributed by atoms with Crippen LogP contribution in [-0.2, 0) is 11.3 Å². The first-order chi connectivity index (χ1) is 12.0. The monoisotopic (exact) mass is 358 g/mol. The molecule has 2 aromatic rings. The Balaban J connectivity index is 1.92. The Morgan fingerprint density at radius 3 is 2.28 bits per heavy atom. The van der Waals surface area contributed by atoms with Gasteiger partial charge >= 0.3 is 12.0 Å². The van der Waals surface area contributed by atoms with Gasteiger partial charge in [0.25, 0.3) is 0 Å². The van der Waals surface area contributed by atoms with Crippen molar-refractivity contribution in [3.05, 3.63) is 59.7 Å². The summed E-state index contributed by atoms with van der Waals surface area (Å²) in [5.41, 5.74) is 2.15. The van der Waals surface area contributed by atoms with Crippen LogP contribution in [-0.4, -0.2) is 36.8 Å². The molecule has 2 amide bonds. The molecule has 0 radical (unpaired) electrons. The number of anilines is 1. The number of nitrogens with zero attached hydrogens (tertiary/aromatic N) is 1. The van der Waals surface area contributed by atoms with E-state index < -0.39 is 0 Å². The molecule has 0 saturated carbocycles. The van der Waals surface area contributed by atoms with Crippen molar-refractivity contribution in [2.45, 2.75) is 18.4 Å². The second-order valence-corrected chi connectivity index (χ2v) is 6.31. The molecule has 0 heterocycles. The van der Waals surface area contributed by atoms with Crippen molar-refractivity contribution >= 4 is 29.4 Å². The highest BCUT2D eigenvalue weighted by Gasteiger charge is 2.11. The van der Waals surface area contributed by atoms with Crippen LogP contribution in [0.5, 0.6) is 0 Å². The molecule has 0 fully saturated rings. The summed E-state index contributed by atoms with van der Waals surface area (Å²) >= 11 is 1.68. The Hall–Kier alpha value is -2.47. The van der Waals surface area contributed by atoms with E-state index in [0.29, 0.717) is 24.4 Å². The molecular formula is C19H22N2O3S. The molecule has 1 N–H and O–H groups in total. The van der Waals surface area contributed by atoms with Crippen LogP contribution in [0, 0.1) is 0 Å². The van der Waals surface area contributed by atoms with Gasteiger partial charge in [0.15, 0.2) is 0 Å². The third kappa shape index (κ3) is 5.53. The summed E-state index contributed by atoms with van der Waals surface area (Å²) in [4.78, 5) is 26.7. The van der Waals surface area contributed by atoms with Crippen LogP contribution in [0.2, 0.25) is 0 Å². The van der Waals surface area contributed by atoms with E-state index in [0.717, 1.165) is 5.56 Å². The van der Waals surface area contributed by atoms with E-state index in [9.17, 15) is 9.59 Å². The maximum absolute atomic E-state index is 12.3. The van der Waals surface area contributed by atoms with Crippen LogP contribution in [0.25, 0.3) is 0 Å². The molecule has 132 valence electrons. The number of nitrogens with one attached hydrogen (secondary N) is 1. The van der Waals surface area contributed by atoms with E-state index in [4.69, 9.17) is 4.74 Å². The zero-order valence-corrected chi connectivity index (χ0v) is 15.4. The lowest BCUT2D eigenvalue weighted by atomic mass is 10.2. The molecule has 0 aliphatic rings. The number of hydrogen-bond donors (Lipinski definition) is 1. The van der Waals surface area contributed by atoms with Crippen molar-refractivity contribution in [2.24, 2.45) is 0 Å². The smallest absolute Gasteiger partial charge is 0.338 e. The van der Waals surface area contributed by atoms with Gasteiger partial charge in [0, 0.05) is 24.2 Å². The number of benzene rings is 2. The van der Waals surface area contributed by atoms with E-state index in [-0.39, 0.29) is 12.0 Å². The summed E-state index contributed by atoms with van der Waals surface area (Å²) in [6, 6.07) is 14.5. The van der Waals surface area contributed by atoms with Gasteiger partial charge in [-0.2, -0.15) is 0 Å². The summed E-state index contributed by atoms with van der Waals surface area (Å²) < 4.78 is 4.93. The SMILES string of the molecule is CCOC(=O)c1ccc(NC(=O)N(C)Cc2ccc(SC)cc2)cc1. The first-order valence-corrected chi connectivity index (χ1v) is 9.18. The fraction of sp³-hybridized carbons (Fsp3) is 0.263. The van der Waals surface area contributed by atoms with Crippen LogP contribution < -0.4 is 5.32 Å². The van der Waals surface area contributed by atoms with E-state index in [1.54, 1.807) is 54.9 Å². The highest BCUT2D eigenvalue weighted by atomic mass is 32.2. The molecule has 2 aromatic carbocycles. The summed E-state index contributed by atoms with van der Waals surface area (Å²) in [5, 5.41) is 2.81. The zero-order valence-electron chi connectivity index (χ0n) is 14.6. The molecule has 6 heteroatoms. The highest BCUT2D eigenvalue weighted by Crippen LogP contribution is 2.16. The Morgan fingerprint density at radius 1 is 1.08 bits per heavy atom. The molecule has 0 bridgehead atoms. The highest BCUT2D eigenvalue weighted by molar-refractivity contribution is 7.98. The fourth-order valence-corrected chi connectivity index (χ4v) is 2.61. The van der Waals surface area contributed by atoms with Crippen LogP contribution in [0.15, 0.2) is 53.4 Å². The number of carbonyl (C=O) groups excluding carboxylic acids is 2. The zero-order chi connectivity index (χ0) is 18.2. The maximum atomic E-state index is 12.3. The predicted octanol–water partition coefficient (Wildman–Crippen LogP) is 4.25. The van der Waals surface area contributed by atoms with Crippen LogP contribution in [0.4, 0.5) is 10.5 Å². The Labute approximate surface area is 152 Å². The van der Waals surface area contributed by atoms with Gasteiger partial charge in [-0.25, -0.2) is 9.59 Å². The molecule has 0 saturated heterocycles. The average molecular weight is 358 g/mol. The number of esters is 1. The fourth-order valence-electron chi connectivity index (χ4n) is 2.20. The quantitative estimate of drug-likeness (QED) is 0.619. The average Bonchev–Trinajstić information content (AvgIpc) is 2.63. The number of rotatable bonds is 6. The Kier molecular flexibility index (Phi) is 6.89. The molecule has 0 unspecified atom stereocenters. The third-order valence-corrected chi connectivity index (χ3v) is 4.32. The predicted molar refractivity (Wildman–Crippen MR) is 101 cm³/mol. The molecule has 5 nitrogen and oxygen atoms in total. The molecule has 0 aromatic heterocycles. The van der Waals surface area contributed by atoms with Gasteiger partial charge in [-0.1, -0.05) is 12.1 Å². The van der Waals surface area contributed by atoms with Gasteiger partial charge in [0.05, 0.1) is 12.2 Å². The third-order valence-electron chi connectivity index (χ3n) is 3.57. The van der Waals surface area contributed by atoms with Crippen molar-refractivity contribution < 1.29 is 14.3 Å². The van der Waals surface area contributed by atoms with Gasteiger partial charge in [-0.15, -0.1) is 11.8 Å². The molecular weight excluding hydrogens is 336 g/mol. The van der Waals surface area contributed by atoms with Crippen molar-refractivity contribution in [2.75, 3.05) is 25.2 Å². The second-order valence-electron chi connectivity index (χ2n) is 5.43. The lowest BCUT2D eigenvalue weighted by Gasteiger charge is -2.18. The van der Waals surface area contributed by atoms with E-state index in [1.807, 2.05) is 30.5 Å². The Morgan fingerprint density at radius 2 is 1.72 bits per heavy atom. The lowest BCUT2D eigenvalue weighted by Crippen LogP contribution is -2.30. The van der Waals surface area contributed by atoms with E-state index in [2.05, 4.69) is 5.32 Å². The van der Waals surface area contributed by atoms with Crippen LogP contribution in [0.1, 0.15) is 22.8 Å². The summed E-state index contributed by atoms with van der Waals surface area (Å²) in [5.74, 6) is -0.369. The number of hydrogen-bond acceptors (Lipinski definition) is 4. The summed E-state index contributed by atoms with van der Waals surface area (Å²) in [6.07, 6.45) is 2.03. The van der Waals surface area contributed by atoms with Crippen molar-refractivity contribution in [1.29, 1.82) is 0 Å². The molecule has 0 atom stereocenters. The first-order valence-electron chi connectivity index (χ1n) is 7.95. The van der Waals surface area contributed by atoms with Crippen LogP contribution >= 0.6 is 11.8 Å². The molecule has 2 rings (SSSR count). The normalized spacial score (nSPS) is 10.2. The van der Waals surface area contributed by atoms with Gasteiger partial charge in [0.1, 0.15) is 0 Å². The summed E-state index contributed by atoms with van der Waals surface area (Å²) in [7, 11) is 1.74. The second kappa shape index (κ2) is 9.13. The van der Waals surface area contributed by atoms with E-state index in [1.165, 1.54) is 4.90 Å². The number of carbonyl (C=O) groups is 2. The molecule has 0 aliphatic carbocycles. The first kappa shape index (κ1) is 18.9. The largest absolute Gasteiger partial charge is 0.462 e. The van der Waals surface area contributed by atoms with Crippen LogP contribution in [0.3, 0.4) is 0 Å². The maximum Gasteiger partial charge on any atom is 0.338 e. The minimum atomic E-state index is -0.369. The number of thioether (sulfide) groups is 1. The standard InChI is InChI=1S/C19H22N2O3S/c1-4-24-18(22)15-7-9-16(10-8-15)20-19(23)21(2)13-14-5-11-17(25-3)12-6-14/h5-12H,4,13H2,1-3H3,(H,20,23). The lowest BCUT2D eigenvalue weighted by molar-refractivity contribution is 0.0526. The topological polar surface area (TPSA) is 58.6 Å². The number of urea groups is 1. The molecule has 0 spiro atoms. The molecule has 0 aliphatic heterocycles. The number of amides is 2. The van der Waals surface area contributed by atoms with Crippen molar-refractivity contribution in [3.63, 3.8) is 0 Å². The van der Waals surface area contributed by atoms with Crippen molar-refractivity contribution in [3.8, 4) is 0 Å².